The molecule has 0 radical (unpaired) electrons. The molecule has 1 N–H and O–H groups in total. The highest BCUT2D eigenvalue weighted by molar-refractivity contribution is 6.74. The van der Waals surface area contributed by atoms with Gasteiger partial charge in [-0.1, -0.05) is 20.8 Å². The van der Waals surface area contributed by atoms with Gasteiger partial charge in [-0.15, -0.1) is 0 Å². The molecule has 0 aliphatic heterocycles. The van der Waals surface area contributed by atoms with Crippen LogP contribution in [0.5, 0.6) is 0 Å². The van der Waals surface area contributed by atoms with Crippen molar-refractivity contribution < 1.29 is 19.1 Å². The summed E-state index contributed by atoms with van der Waals surface area (Å²) in [6.07, 6.45) is 0. The van der Waals surface area contributed by atoms with Crippen molar-refractivity contribution in [3.05, 3.63) is 0 Å². The van der Waals surface area contributed by atoms with Crippen molar-refractivity contribution in [2.24, 2.45) is 0 Å². The van der Waals surface area contributed by atoms with Crippen molar-refractivity contribution in [1.29, 1.82) is 0 Å². The van der Waals surface area contributed by atoms with Crippen LogP contribution in [0.2, 0.25) is 18.1 Å². The van der Waals surface area contributed by atoms with Crippen molar-refractivity contribution in [2.75, 3.05) is 6.61 Å². The third kappa shape index (κ3) is 3.59. The molecule has 0 aromatic rings. The molecule has 4 nitrogen and oxygen atoms in total. The van der Waals surface area contributed by atoms with Crippen LogP contribution in [0.25, 0.3) is 0 Å². The van der Waals surface area contributed by atoms with E-state index in [1.807, 2.05) is 33.9 Å². The summed E-state index contributed by atoms with van der Waals surface area (Å²) in [6.45, 7) is 9.73. The van der Waals surface area contributed by atoms with Crippen molar-refractivity contribution in [2.45, 2.75) is 38.9 Å². The van der Waals surface area contributed by atoms with Crippen LogP contribution in [0.15, 0.2) is 0 Å². The fraction of sp³-hybridized carbons (Fsp3) is 0.778. The van der Waals surface area contributed by atoms with Gasteiger partial charge in [-0.05, 0) is 18.1 Å². The second-order valence-electron chi connectivity index (χ2n) is 4.78. The van der Waals surface area contributed by atoms with Crippen molar-refractivity contribution >= 4 is 20.1 Å². The number of carbonyl (C=O) groups excluding carboxylic acids is 1. The number of carboxylic acid groups (broad SMARTS) is 1. The van der Waals surface area contributed by atoms with E-state index in [1.54, 1.807) is 0 Å². The van der Waals surface area contributed by atoms with Crippen LogP contribution in [-0.4, -0.2) is 31.8 Å². The van der Waals surface area contributed by atoms with Crippen LogP contribution < -0.4 is 0 Å². The van der Waals surface area contributed by atoms with E-state index in [9.17, 15) is 9.59 Å². The molecule has 14 heavy (non-hydrogen) atoms. The molecular formula is C9H18O4Si. The molecular weight excluding hydrogens is 200 g/mol. The number of carboxylic acids is 1. The Morgan fingerprint density at radius 2 is 1.71 bits per heavy atom. The van der Waals surface area contributed by atoms with Crippen LogP contribution in [0.3, 0.4) is 0 Å². The maximum absolute atomic E-state index is 10.8. The van der Waals surface area contributed by atoms with Gasteiger partial charge in [0.25, 0.3) is 5.78 Å². The standard InChI is InChI=1S/C9H18O4Si/c1-9(2,3)14(4,5)13-6-7(10)8(11)12/h6H2,1-5H3,(H,11,12). The van der Waals surface area contributed by atoms with E-state index in [4.69, 9.17) is 9.53 Å². The summed E-state index contributed by atoms with van der Waals surface area (Å²) in [5.74, 6) is -2.31. The van der Waals surface area contributed by atoms with Gasteiger partial charge >= 0.3 is 5.97 Å². The van der Waals surface area contributed by atoms with E-state index in [-0.39, 0.29) is 11.6 Å². The molecule has 0 rings (SSSR count). The highest BCUT2D eigenvalue weighted by Gasteiger charge is 2.37. The maximum Gasteiger partial charge on any atom is 0.374 e. The molecule has 0 atom stereocenters. The second kappa shape index (κ2) is 4.23. The van der Waals surface area contributed by atoms with E-state index in [2.05, 4.69) is 0 Å². The summed E-state index contributed by atoms with van der Waals surface area (Å²) < 4.78 is 5.43. The van der Waals surface area contributed by atoms with Gasteiger partial charge in [-0.25, -0.2) is 4.79 Å². The lowest BCUT2D eigenvalue weighted by Gasteiger charge is -2.35. The summed E-state index contributed by atoms with van der Waals surface area (Å²) >= 11 is 0. The highest BCUT2D eigenvalue weighted by atomic mass is 28.4. The number of aliphatic carboxylic acids is 1. The molecule has 0 saturated carbocycles. The zero-order valence-corrected chi connectivity index (χ0v) is 10.4. The third-order valence-corrected chi connectivity index (χ3v) is 7.09. The molecule has 0 aliphatic rings. The summed E-state index contributed by atoms with van der Waals surface area (Å²) in [5, 5.41) is 8.36. The molecule has 82 valence electrons. The molecule has 0 aliphatic carbocycles. The Bertz CT molecular complexity index is 240. The average Bonchev–Trinajstić information content (AvgIpc) is 1.97. The number of carbonyl (C=O) groups is 2. The first-order valence-electron chi connectivity index (χ1n) is 4.48. The van der Waals surface area contributed by atoms with E-state index < -0.39 is 20.1 Å². The summed E-state index contributed by atoms with van der Waals surface area (Å²) in [7, 11) is -2.00. The lowest BCUT2D eigenvalue weighted by molar-refractivity contribution is -0.150. The van der Waals surface area contributed by atoms with Crippen LogP contribution in [0.1, 0.15) is 20.8 Å². The Kier molecular flexibility index (Phi) is 4.02. The van der Waals surface area contributed by atoms with Crippen LogP contribution >= 0.6 is 0 Å². The monoisotopic (exact) mass is 218 g/mol. The first-order chi connectivity index (χ1) is 6.08. The lowest BCUT2D eigenvalue weighted by atomic mass is 10.2. The Morgan fingerprint density at radius 3 is 2.00 bits per heavy atom. The number of hydrogen-bond acceptors (Lipinski definition) is 3. The molecule has 0 heterocycles. The molecule has 0 aromatic carbocycles. The van der Waals surface area contributed by atoms with E-state index >= 15 is 0 Å². The molecule has 0 bridgehead atoms. The first kappa shape index (κ1) is 13.3. The zero-order chi connectivity index (χ0) is 11.6. The van der Waals surface area contributed by atoms with Gasteiger partial charge < -0.3 is 9.53 Å². The molecule has 0 spiro atoms. The Morgan fingerprint density at radius 1 is 1.29 bits per heavy atom. The molecule has 0 aromatic heterocycles. The van der Waals surface area contributed by atoms with Gasteiger partial charge in [0.2, 0.25) is 0 Å². The normalized spacial score (nSPS) is 12.6. The topological polar surface area (TPSA) is 63.6 Å². The number of rotatable bonds is 4. The van der Waals surface area contributed by atoms with Gasteiger partial charge in [-0.3, -0.25) is 4.79 Å². The quantitative estimate of drug-likeness (QED) is 0.576. The molecule has 0 saturated heterocycles. The number of hydrogen-bond donors (Lipinski definition) is 1. The largest absolute Gasteiger partial charge is 0.475 e. The minimum absolute atomic E-state index is 0.00815. The summed E-state index contributed by atoms with van der Waals surface area (Å²) in [6, 6.07) is 0. The van der Waals surface area contributed by atoms with E-state index in [0.717, 1.165) is 0 Å². The van der Waals surface area contributed by atoms with Crippen molar-refractivity contribution in [1.82, 2.24) is 0 Å². The highest BCUT2D eigenvalue weighted by Crippen LogP contribution is 2.36. The zero-order valence-electron chi connectivity index (χ0n) is 9.38. The van der Waals surface area contributed by atoms with E-state index in [1.165, 1.54) is 0 Å². The fourth-order valence-electron chi connectivity index (χ4n) is 0.524. The van der Waals surface area contributed by atoms with Gasteiger partial charge in [0.1, 0.15) is 6.61 Å². The fourth-order valence-corrected chi connectivity index (χ4v) is 1.45. The Hall–Kier alpha value is -0.683. The number of Topliss-reactive ketones (excluding diaryl/α,β-unsaturated/α-hetero) is 1. The maximum atomic E-state index is 10.8. The van der Waals surface area contributed by atoms with Crippen LogP contribution in [-0.2, 0) is 14.0 Å². The Labute approximate surface area is 85.4 Å². The summed E-state index contributed by atoms with van der Waals surface area (Å²) in [4.78, 5) is 21.1. The predicted molar refractivity (Wildman–Crippen MR) is 55.8 cm³/mol. The number of ketones is 1. The predicted octanol–water partition coefficient (Wildman–Crippen LogP) is 1.66. The lowest BCUT2D eigenvalue weighted by Crippen LogP contribution is -2.42. The van der Waals surface area contributed by atoms with Crippen molar-refractivity contribution in [3.8, 4) is 0 Å². The minimum atomic E-state index is -2.00. The third-order valence-electron chi connectivity index (χ3n) is 2.61. The van der Waals surface area contributed by atoms with Crippen LogP contribution in [0, 0.1) is 0 Å². The minimum Gasteiger partial charge on any atom is -0.475 e. The van der Waals surface area contributed by atoms with Gasteiger partial charge in [0, 0.05) is 0 Å². The van der Waals surface area contributed by atoms with Crippen molar-refractivity contribution in [3.63, 3.8) is 0 Å². The summed E-state index contributed by atoms with van der Waals surface area (Å²) in [5.41, 5.74) is 0. The van der Waals surface area contributed by atoms with Gasteiger partial charge in [0.15, 0.2) is 8.32 Å². The average molecular weight is 218 g/mol. The van der Waals surface area contributed by atoms with Gasteiger partial charge in [-0.2, -0.15) is 0 Å². The second-order valence-corrected chi connectivity index (χ2v) is 9.59. The van der Waals surface area contributed by atoms with Crippen LogP contribution in [0.4, 0.5) is 0 Å². The molecule has 0 fully saturated rings. The Balaban J connectivity index is 4.27. The first-order valence-corrected chi connectivity index (χ1v) is 7.39. The molecule has 5 heteroatoms. The molecule has 0 amide bonds. The smallest absolute Gasteiger partial charge is 0.374 e. The van der Waals surface area contributed by atoms with E-state index in [0.29, 0.717) is 0 Å². The van der Waals surface area contributed by atoms with Gasteiger partial charge in [0.05, 0.1) is 0 Å². The SMILES string of the molecule is CC(C)(C)[Si](C)(C)OCC(=O)C(=O)O. The molecule has 0 unspecified atom stereocenters.